The number of benzene rings is 1. The Balaban J connectivity index is 2.20. The molecule has 0 atom stereocenters. The number of aliphatic carboxylic acids is 1. The maximum atomic E-state index is 11.8. The molecule has 4 nitrogen and oxygen atoms in total. The average molecular weight is 298 g/mol. The SMILES string of the molecule is Cc1ccc(C(=O)NCCCCCCC(=O)O)cc1Cl. The van der Waals surface area contributed by atoms with Crippen molar-refractivity contribution < 1.29 is 14.7 Å². The Labute approximate surface area is 124 Å². The second kappa shape index (κ2) is 8.59. The molecule has 0 aliphatic carbocycles. The standard InChI is InChI=1S/C15H20ClNO3/c1-11-7-8-12(10-13(11)16)15(20)17-9-5-3-2-4-6-14(18)19/h7-8,10H,2-6,9H2,1H3,(H,17,20)(H,18,19). The minimum atomic E-state index is -0.755. The maximum Gasteiger partial charge on any atom is 0.303 e. The van der Waals surface area contributed by atoms with Crippen LogP contribution in [0.3, 0.4) is 0 Å². The Morgan fingerprint density at radius 2 is 1.90 bits per heavy atom. The lowest BCUT2D eigenvalue weighted by atomic mass is 10.1. The van der Waals surface area contributed by atoms with Crippen LogP contribution in [-0.4, -0.2) is 23.5 Å². The van der Waals surface area contributed by atoms with E-state index in [1.807, 2.05) is 13.0 Å². The summed E-state index contributed by atoms with van der Waals surface area (Å²) in [4.78, 5) is 22.2. The Hall–Kier alpha value is -1.55. The van der Waals surface area contributed by atoms with Gasteiger partial charge in [0.15, 0.2) is 0 Å². The number of nitrogens with one attached hydrogen (secondary N) is 1. The summed E-state index contributed by atoms with van der Waals surface area (Å²) in [6, 6.07) is 5.24. The number of halogens is 1. The highest BCUT2D eigenvalue weighted by molar-refractivity contribution is 6.31. The molecule has 2 N–H and O–H groups in total. The van der Waals surface area contributed by atoms with E-state index in [1.165, 1.54) is 0 Å². The van der Waals surface area contributed by atoms with Crippen LogP contribution in [0.4, 0.5) is 0 Å². The predicted molar refractivity (Wildman–Crippen MR) is 79.2 cm³/mol. The number of hydrogen-bond acceptors (Lipinski definition) is 2. The summed E-state index contributed by atoms with van der Waals surface area (Å²) in [5.74, 6) is -0.882. The van der Waals surface area contributed by atoms with E-state index in [0.29, 0.717) is 23.6 Å². The average Bonchev–Trinajstić information content (AvgIpc) is 2.40. The van der Waals surface area contributed by atoms with Gasteiger partial charge in [0.2, 0.25) is 0 Å². The van der Waals surface area contributed by atoms with E-state index in [0.717, 1.165) is 24.8 Å². The number of hydrogen-bond donors (Lipinski definition) is 2. The first-order valence-corrected chi connectivity index (χ1v) is 7.14. The number of carbonyl (C=O) groups is 2. The van der Waals surface area contributed by atoms with Crippen LogP contribution in [0.5, 0.6) is 0 Å². The monoisotopic (exact) mass is 297 g/mol. The minimum Gasteiger partial charge on any atom is -0.481 e. The third kappa shape index (κ3) is 6.06. The van der Waals surface area contributed by atoms with Crippen LogP contribution in [0.15, 0.2) is 18.2 Å². The zero-order chi connectivity index (χ0) is 15.0. The topological polar surface area (TPSA) is 66.4 Å². The van der Waals surface area contributed by atoms with Crippen molar-refractivity contribution in [1.82, 2.24) is 5.32 Å². The van der Waals surface area contributed by atoms with Crippen LogP contribution in [0.1, 0.15) is 48.0 Å². The highest BCUT2D eigenvalue weighted by Gasteiger charge is 2.06. The van der Waals surface area contributed by atoms with E-state index in [9.17, 15) is 9.59 Å². The van der Waals surface area contributed by atoms with Gasteiger partial charge in [-0.3, -0.25) is 9.59 Å². The van der Waals surface area contributed by atoms with E-state index < -0.39 is 5.97 Å². The predicted octanol–water partition coefficient (Wildman–Crippen LogP) is 3.41. The number of amides is 1. The molecule has 0 radical (unpaired) electrons. The second-order valence-electron chi connectivity index (χ2n) is 4.78. The van der Waals surface area contributed by atoms with Crippen molar-refractivity contribution in [2.45, 2.75) is 39.0 Å². The molecule has 0 unspecified atom stereocenters. The molecule has 0 bridgehead atoms. The van der Waals surface area contributed by atoms with Crippen LogP contribution in [0.25, 0.3) is 0 Å². The molecule has 0 saturated carbocycles. The van der Waals surface area contributed by atoms with Gasteiger partial charge >= 0.3 is 5.97 Å². The van der Waals surface area contributed by atoms with Crippen LogP contribution in [-0.2, 0) is 4.79 Å². The van der Waals surface area contributed by atoms with Crippen molar-refractivity contribution in [2.75, 3.05) is 6.54 Å². The summed E-state index contributed by atoms with van der Waals surface area (Å²) in [5.41, 5.74) is 1.51. The number of carboxylic acid groups (broad SMARTS) is 1. The van der Waals surface area contributed by atoms with Crippen molar-refractivity contribution in [3.05, 3.63) is 34.3 Å². The first-order valence-electron chi connectivity index (χ1n) is 6.77. The summed E-state index contributed by atoms with van der Waals surface area (Å²) >= 11 is 5.97. The fourth-order valence-corrected chi connectivity index (χ4v) is 1.97. The summed E-state index contributed by atoms with van der Waals surface area (Å²) in [7, 11) is 0. The maximum absolute atomic E-state index is 11.8. The van der Waals surface area contributed by atoms with Crippen LogP contribution in [0.2, 0.25) is 5.02 Å². The van der Waals surface area contributed by atoms with Crippen LogP contribution >= 0.6 is 11.6 Å². The fourth-order valence-electron chi connectivity index (χ4n) is 1.79. The van der Waals surface area contributed by atoms with Crippen molar-refractivity contribution in [1.29, 1.82) is 0 Å². The molecule has 0 aliphatic rings. The molecular formula is C15H20ClNO3. The Morgan fingerprint density at radius 1 is 1.20 bits per heavy atom. The molecule has 20 heavy (non-hydrogen) atoms. The molecule has 0 aliphatic heterocycles. The molecule has 0 fully saturated rings. The highest BCUT2D eigenvalue weighted by atomic mass is 35.5. The summed E-state index contributed by atoms with van der Waals surface area (Å²) < 4.78 is 0. The second-order valence-corrected chi connectivity index (χ2v) is 5.19. The first kappa shape index (κ1) is 16.5. The number of aryl methyl sites for hydroxylation is 1. The molecule has 0 saturated heterocycles. The third-order valence-electron chi connectivity index (χ3n) is 3.04. The van der Waals surface area contributed by atoms with Crippen molar-refractivity contribution in [3.8, 4) is 0 Å². The minimum absolute atomic E-state index is 0.127. The Bertz CT molecular complexity index is 474. The molecule has 110 valence electrons. The zero-order valence-corrected chi connectivity index (χ0v) is 12.4. The van der Waals surface area contributed by atoms with Gasteiger partial charge in [-0.1, -0.05) is 30.5 Å². The smallest absolute Gasteiger partial charge is 0.303 e. The molecule has 5 heteroatoms. The van der Waals surface area contributed by atoms with E-state index in [2.05, 4.69) is 5.32 Å². The Morgan fingerprint density at radius 3 is 2.55 bits per heavy atom. The summed E-state index contributed by atoms with van der Waals surface area (Å²) in [6.45, 7) is 2.48. The van der Waals surface area contributed by atoms with Crippen LogP contribution in [0, 0.1) is 6.92 Å². The third-order valence-corrected chi connectivity index (χ3v) is 3.44. The lowest BCUT2D eigenvalue weighted by Gasteiger charge is -2.06. The molecular weight excluding hydrogens is 278 g/mol. The zero-order valence-electron chi connectivity index (χ0n) is 11.6. The fraction of sp³-hybridized carbons (Fsp3) is 0.467. The number of carboxylic acids is 1. The number of unbranched alkanes of at least 4 members (excludes halogenated alkanes) is 3. The van der Waals surface area contributed by atoms with Crippen molar-refractivity contribution >= 4 is 23.5 Å². The van der Waals surface area contributed by atoms with Crippen LogP contribution < -0.4 is 5.32 Å². The molecule has 1 amide bonds. The van der Waals surface area contributed by atoms with Gasteiger partial charge in [-0.25, -0.2) is 0 Å². The van der Waals surface area contributed by atoms with E-state index in [4.69, 9.17) is 16.7 Å². The normalized spacial score (nSPS) is 10.3. The molecule has 0 aromatic heterocycles. The van der Waals surface area contributed by atoms with Crippen molar-refractivity contribution in [3.63, 3.8) is 0 Å². The van der Waals surface area contributed by atoms with Gasteiger partial charge in [0.1, 0.15) is 0 Å². The van der Waals surface area contributed by atoms with Gasteiger partial charge in [-0.2, -0.15) is 0 Å². The van der Waals surface area contributed by atoms with Gasteiger partial charge in [0.05, 0.1) is 0 Å². The molecule has 1 aromatic carbocycles. The van der Waals surface area contributed by atoms with Gasteiger partial charge in [-0.05, 0) is 37.5 Å². The molecule has 1 rings (SSSR count). The quantitative estimate of drug-likeness (QED) is 0.723. The largest absolute Gasteiger partial charge is 0.481 e. The number of rotatable bonds is 8. The summed E-state index contributed by atoms with van der Waals surface area (Å²) in [6.07, 6.45) is 3.55. The van der Waals surface area contributed by atoms with Gasteiger partial charge in [0, 0.05) is 23.6 Å². The molecule has 0 spiro atoms. The molecule has 1 aromatic rings. The van der Waals surface area contributed by atoms with E-state index in [-0.39, 0.29) is 12.3 Å². The van der Waals surface area contributed by atoms with Gasteiger partial charge < -0.3 is 10.4 Å². The Kier molecular flexibility index (Phi) is 7.09. The van der Waals surface area contributed by atoms with Gasteiger partial charge in [-0.15, -0.1) is 0 Å². The highest BCUT2D eigenvalue weighted by Crippen LogP contribution is 2.16. The molecule has 0 heterocycles. The van der Waals surface area contributed by atoms with Crippen molar-refractivity contribution in [2.24, 2.45) is 0 Å². The lowest BCUT2D eigenvalue weighted by molar-refractivity contribution is -0.137. The van der Waals surface area contributed by atoms with E-state index in [1.54, 1.807) is 12.1 Å². The lowest BCUT2D eigenvalue weighted by Crippen LogP contribution is -2.24. The first-order chi connectivity index (χ1) is 9.50. The summed E-state index contributed by atoms with van der Waals surface area (Å²) in [5, 5.41) is 11.9. The van der Waals surface area contributed by atoms with Gasteiger partial charge in [0.25, 0.3) is 5.91 Å². The van der Waals surface area contributed by atoms with E-state index >= 15 is 0 Å². The number of carbonyl (C=O) groups excluding carboxylic acids is 1.